The second-order valence-corrected chi connectivity index (χ2v) is 10.9. The minimum atomic E-state index is -2.37. The van der Waals surface area contributed by atoms with Crippen LogP contribution in [0.25, 0.3) is 22.2 Å². The molecule has 240 valence electrons. The highest BCUT2D eigenvalue weighted by Crippen LogP contribution is 2.39. The molecule has 0 unspecified atom stereocenters. The van der Waals surface area contributed by atoms with E-state index in [4.69, 9.17) is 9.47 Å². The molecule has 0 spiro atoms. The van der Waals surface area contributed by atoms with Crippen LogP contribution in [0.3, 0.4) is 0 Å². The highest BCUT2D eigenvalue weighted by atomic mass is 19.3. The molecule has 46 heavy (non-hydrogen) atoms. The quantitative estimate of drug-likeness (QED) is 0.173. The first-order valence-corrected chi connectivity index (χ1v) is 14.6. The molecule has 5 aromatic rings. The molecule has 13 heteroatoms. The Kier molecular flexibility index (Phi) is 8.84. The average molecular weight is 637 g/mol. The van der Waals surface area contributed by atoms with E-state index in [9.17, 15) is 22.7 Å². The Morgan fingerprint density at radius 3 is 2.37 bits per heavy atom. The summed E-state index contributed by atoms with van der Waals surface area (Å²) in [6, 6.07) is 14.0. The zero-order valence-corrected chi connectivity index (χ0v) is 25.2. The second-order valence-electron chi connectivity index (χ2n) is 10.9. The summed E-state index contributed by atoms with van der Waals surface area (Å²) in [5, 5.41) is 14.9. The van der Waals surface area contributed by atoms with Crippen LogP contribution in [0.5, 0.6) is 17.4 Å². The van der Waals surface area contributed by atoms with E-state index in [0.717, 1.165) is 23.4 Å². The lowest BCUT2D eigenvalue weighted by Gasteiger charge is -2.35. The van der Waals surface area contributed by atoms with Crippen molar-refractivity contribution in [2.75, 3.05) is 57.2 Å². The van der Waals surface area contributed by atoms with Gasteiger partial charge in [-0.15, -0.1) is 0 Å². The summed E-state index contributed by atoms with van der Waals surface area (Å²) in [5.41, 5.74) is 1.95. The minimum absolute atomic E-state index is 0.0306. The Balaban J connectivity index is 1.34. The number of rotatable bonds is 10. The van der Waals surface area contributed by atoms with Gasteiger partial charge in [-0.3, -0.25) is 4.90 Å². The number of methoxy groups -OCH3 is 2. The lowest BCUT2D eigenvalue weighted by atomic mass is 10.1. The number of ether oxygens (including phenoxy) is 2. The van der Waals surface area contributed by atoms with Crippen LogP contribution in [0.2, 0.25) is 0 Å². The summed E-state index contributed by atoms with van der Waals surface area (Å²) in [6.07, 6.45) is 0.906. The molecule has 9 nitrogen and oxygen atoms in total. The van der Waals surface area contributed by atoms with E-state index in [1.807, 2.05) is 12.1 Å². The molecule has 3 aromatic heterocycles. The third-order valence-electron chi connectivity index (χ3n) is 8.02. The third-order valence-corrected chi connectivity index (χ3v) is 8.02. The molecule has 0 saturated carbocycles. The fourth-order valence-corrected chi connectivity index (χ4v) is 5.67. The number of nitrogens with one attached hydrogen (secondary N) is 1. The van der Waals surface area contributed by atoms with E-state index >= 15 is 0 Å². The van der Waals surface area contributed by atoms with Gasteiger partial charge in [0.05, 0.1) is 67.0 Å². The van der Waals surface area contributed by atoms with Crippen LogP contribution in [-0.4, -0.2) is 77.9 Å². The number of halogens is 4. The first-order valence-electron chi connectivity index (χ1n) is 14.6. The highest BCUT2D eigenvalue weighted by molar-refractivity contribution is 5.99. The van der Waals surface area contributed by atoms with E-state index in [1.165, 1.54) is 19.2 Å². The van der Waals surface area contributed by atoms with Gasteiger partial charge >= 0.3 is 0 Å². The predicted octanol–water partition coefficient (Wildman–Crippen LogP) is 6.28. The number of aromatic nitrogens is 3. The molecule has 0 atom stereocenters. The van der Waals surface area contributed by atoms with Crippen LogP contribution in [-0.2, 0) is 6.54 Å². The average Bonchev–Trinajstić information content (AvgIpc) is 3.36. The van der Waals surface area contributed by atoms with Crippen molar-refractivity contribution in [2.45, 2.75) is 13.0 Å². The molecule has 4 heterocycles. The number of anilines is 3. The van der Waals surface area contributed by atoms with Gasteiger partial charge in [0.2, 0.25) is 5.88 Å². The Bertz CT molecular complexity index is 1820. The molecule has 1 aliphatic rings. The first kappa shape index (κ1) is 31.0. The molecule has 6 rings (SSSR count). The van der Waals surface area contributed by atoms with E-state index in [2.05, 4.69) is 20.2 Å². The van der Waals surface area contributed by atoms with Crippen molar-refractivity contribution in [2.24, 2.45) is 0 Å². The lowest BCUT2D eigenvalue weighted by molar-refractivity contribution is 0.0854. The second kappa shape index (κ2) is 13.1. The summed E-state index contributed by atoms with van der Waals surface area (Å²) >= 11 is 0. The molecule has 0 bridgehead atoms. The molecule has 2 aromatic carbocycles. The number of fused-ring (bicyclic) bond motifs is 1. The monoisotopic (exact) mass is 636 g/mol. The van der Waals surface area contributed by atoms with Crippen molar-refractivity contribution < 1.29 is 32.1 Å². The number of piperazine rings is 1. The highest BCUT2D eigenvalue weighted by Gasteiger charge is 2.22. The number of hydrogen-bond acceptors (Lipinski definition) is 8. The van der Waals surface area contributed by atoms with Crippen LogP contribution < -0.4 is 19.7 Å². The van der Waals surface area contributed by atoms with Gasteiger partial charge in [-0.25, -0.2) is 27.5 Å². The lowest BCUT2D eigenvalue weighted by Crippen LogP contribution is -2.47. The molecule has 1 saturated heterocycles. The first-order chi connectivity index (χ1) is 22.2. The summed E-state index contributed by atoms with van der Waals surface area (Å²) in [7, 11) is 3.09. The zero-order chi connectivity index (χ0) is 32.4. The fraction of sp³-hybridized carbons (Fsp3) is 0.273. The minimum Gasteiger partial charge on any atom is -0.497 e. The van der Waals surface area contributed by atoms with Gasteiger partial charge in [0.25, 0.3) is 6.43 Å². The summed E-state index contributed by atoms with van der Waals surface area (Å²) in [6.45, 7) is 2.18. The van der Waals surface area contributed by atoms with Crippen LogP contribution in [0.15, 0.2) is 67.0 Å². The molecule has 2 N–H and O–H groups in total. The maximum absolute atomic E-state index is 14.9. The van der Waals surface area contributed by atoms with Crippen molar-refractivity contribution in [3.05, 3.63) is 84.2 Å². The molecule has 0 aliphatic carbocycles. The summed E-state index contributed by atoms with van der Waals surface area (Å²) in [4.78, 5) is 12.9. The standard InChI is InChI=1S/C33H32F4N6O3/c1-45-22-8-6-20(28(14-22)46-2)17-43-18-27-32(33(43)44)26(15-25(39-27)31-23(34)4-3-5-24(31)35)40-30-9-7-21(16-38-30)42-12-10-41(11-13-42)19-29(36)37/h3-9,14-16,18,29,44H,10-13,17,19H2,1-2H3,(H,38,40). The third kappa shape index (κ3) is 6.36. The van der Waals surface area contributed by atoms with Gasteiger partial charge in [-0.1, -0.05) is 6.07 Å². The number of hydrogen-bond donors (Lipinski definition) is 2. The largest absolute Gasteiger partial charge is 0.497 e. The summed E-state index contributed by atoms with van der Waals surface area (Å²) < 4.78 is 67.7. The van der Waals surface area contributed by atoms with Gasteiger partial charge in [0.1, 0.15) is 29.0 Å². The van der Waals surface area contributed by atoms with E-state index in [0.29, 0.717) is 60.1 Å². The van der Waals surface area contributed by atoms with E-state index in [1.54, 1.807) is 47.2 Å². The zero-order valence-electron chi connectivity index (χ0n) is 25.2. The molecular formula is C33H32F4N6O3. The normalized spacial score (nSPS) is 13.8. The smallest absolute Gasteiger partial charge is 0.251 e. The summed E-state index contributed by atoms with van der Waals surface area (Å²) in [5.74, 6) is -0.101. The number of aromatic hydroxyl groups is 1. The van der Waals surface area contributed by atoms with Crippen LogP contribution in [0.4, 0.5) is 34.8 Å². The number of pyridine rings is 2. The van der Waals surface area contributed by atoms with Crippen molar-refractivity contribution in [3.63, 3.8) is 0 Å². The fourth-order valence-electron chi connectivity index (χ4n) is 5.67. The Morgan fingerprint density at radius 1 is 0.957 bits per heavy atom. The molecule has 0 radical (unpaired) electrons. The topological polar surface area (TPSA) is 87.9 Å². The SMILES string of the molecule is COc1ccc(Cn2cc3nc(-c4c(F)cccc4F)cc(Nc4ccc(N5CCN(CC(F)F)CC5)cn4)c3c2O)c(OC)c1. The van der Waals surface area contributed by atoms with Crippen molar-refractivity contribution >= 4 is 28.1 Å². The molecule has 1 aliphatic heterocycles. The van der Waals surface area contributed by atoms with Gasteiger partial charge in [-0.2, -0.15) is 0 Å². The Labute approximate surface area is 262 Å². The van der Waals surface area contributed by atoms with E-state index < -0.39 is 18.1 Å². The van der Waals surface area contributed by atoms with Gasteiger partial charge in [0, 0.05) is 44.0 Å². The van der Waals surface area contributed by atoms with Crippen molar-refractivity contribution in [3.8, 4) is 28.6 Å². The van der Waals surface area contributed by atoms with Crippen molar-refractivity contribution in [1.82, 2.24) is 19.4 Å². The van der Waals surface area contributed by atoms with Gasteiger partial charge < -0.3 is 29.4 Å². The van der Waals surface area contributed by atoms with Gasteiger partial charge in [-0.05, 0) is 42.5 Å². The van der Waals surface area contributed by atoms with Crippen molar-refractivity contribution in [1.29, 1.82) is 0 Å². The van der Waals surface area contributed by atoms with E-state index in [-0.39, 0.29) is 30.2 Å². The predicted molar refractivity (Wildman–Crippen MR) is 168 cm³/mol. The van der Waals surface area contributed by atoms with Crippen LogP contribution in [0.1, 0.15) is 5.56 Å². The Morgan fingerprint density at radius 2 is 1.72 bits per heavy atom. The Hall–Kier alpha value is -5.04. The van der Waals surface area contributed by atoms with Crippen LogP contribution >= 0.6 is 0 Å². The molecule has 0 amide bonds. The number of alkyl halides is 2. The van der Waals surface area contributed by atoms with Gasteiger partial charge in [0.15, 0.2) is 0 Å². The number of benzene rings is 2. The molecular weight excluding hydrogens is 604 g/mol. The number of nitrogens with zero attached hydrogens (tertiary/aromatic N) is 5. The molecule has 1 fully saturated rings. The maximum atomic E-state index is 14.9. The maximum Gasteiger partial charge on any atom is 0.251 e. The van der Waals surface area contributed by atoms with Crippen LogP contribution in [0, 0.1) is 11.6 Å².